The van der Waals surface area contributed by atoms with Gasteiger partial charge in [-0.2, -0.15) is 0 Å². The minimum absolute atomic E-state index is 0.0278. The van der Waals surface area contributed by atoms with Gasteiger partial charge in [0, 0.05) is 12.1 Å². The molecular formula is C8H11N2O3+. The molecule has 0 aliphatic carbocycles. The van der Waals surface area contributed by atoms with Crippen molar-refractivity contribution in [3.8, 4) is 0 Å². The summed E-state index contributed by atoms with van der Waals surface area (Å²) in [6, 6.07) is 5.81. The monoisotopic (exact) mass is 183 g/mol. The van der Waals surface area contributed by atoms with Gasteiger partial charge in [0.2, 0.25) is 0 Å². The number of nitro benzene ring substituents is 1. The molecule has 1 aromatic rings. The summed E-state index contributed by atoms with van der Waals surface area (Å²) < 4.78 is 0. The third-order valence-electron chi connectivity index (χ3n) is 1.76. The summed E-state index contributed by atoms with van der Waals surface area (Å²) in [5.74, 6) is 0. The predicted molar refractivity (Wildman–Crippen MR) is 45.8 cm³/mol. The van der Waals surface area contributed by atoms with Crippen molar-refractivity contribution in [2.45, 2.75) is 6.10 Å². The minimum atomic E-state index is -0.638. The molecule has 1 aromatic carbocycles. The fourth-order valence-electron chi connectivity index (χ4n) is 0.985. The van der Waals surface area contributed by atoms with E-state index in [2.05, 4.69) is 5.73 Å². The van der Waals surface area contributed by atoms with Gasteiger partial charge in [0.25, 0.3) is 5.69 Å². The molecule has 0 radical (unpaired) electrons. The van der Waals surface area contributed by atoms with E-state index < -0.39 is 11.0 Å². The van der Waals surface area contributed by atoms with Crippen LogP contribution in [-0.4, -0.2) is 16.6 Å². The number of non-ortho nitro benzene ring substituents is 1. The lowest BCUT2D eigenvalue weighted by Gasteiger charge is -2.04. The van der Waals surface area contributed by atoms with E-state index >= 15 is 0 Å². The average Bonchev–Trinajstić information content (AvgIpc) is 2.17. The van der Waals surface area contributed by atoms with Gasteiger partial charge in [0.1, 0.15) is 12.6 Å². The SMILES string of the molecule is [NH3+]C[C@@H](O)c1ccc([N+](=O)[O-])cc1. The molecule has 0 heterocycles. The number of rotatable bonds is 3. The van der Waals surface area contributed by atoms with Gasteiger partial charge in [-0.15, -0.1) is 0 Å². The van der Waals surface area contributed by atoms with Crippen molar-refractivity contribution in [1.82, 2.24) is 0 Å². The average molecular weight is 183 g/mol. The highest BCUT2D eigenvalue weighted by Gasteiger charge is 2.09. The molecular weight excluding hydrogens is 172 g/mol. The topological polar surface area (TPSA) is 91.0 Å². The van der Waals surface area contributed by atoms with Crippen LogP contribution in [0, 0.1) is 10.1 Å². The second-order valence-corrected chi connectivity index (χ2v) is 2.65. The van der Waals surface area contributed by atoms with Crippen LogP contribution >= 0.6 is 0 Å². The van der Waals surface area contributed by atoms with Gasteiger partial charge < -0.3 is 10.8 Å². The first kappa shape index (κ1) is 9.63. The van der Waals surface area contributed by atoms with Crippen molar-refractivity contribution in [2.75, 3.05) is 6.54 Å². The first-order valence-corrected chi connectivity index (χ1v) is 3.87. The van der Waals surface area contributed by atoms with Crippen LogP contribution in [0.5, 0.6) is 0 Å². The lowest BCUT2D eigenvalue weighted by atomic mass is 10.1. The number of nitro groups is 1. The normalized spacial score (nSPS) is 12.5. The van der Waals surface area contributed by atoms with Gasteiger partial charge >= 0.3 is 0 Å². The van der Waals surface area contributed by atoms with E-state index in [1.54, 1.807) is 0 Å². The van der Waals surface area contributed by atoms with Crippen LogP contribution in [0.4, 0.5) is 5.69 Å². The Bertz CT molecular complexity index is 297. The third-order valence-corrected chi connectivity index (χ3v) is 1.76. The molecule has 5 heteroatoms. The fourth-order valence-corrected chi connectivity index (χ4v) is 0.985. The van der Waals surface area contributed by atoms with Gasteiger partial charge in [0.05, 0.1) is 4.92 Å². The lowest BCUT2D eigenvalue weighted by molar-refractivity contribution is -0.386. The summed E-state index contributed by atoms with van der Waals surface area (Å²) in [4.78, 5) is 9.81. The molecule has 0 spiro atoms. The van der Waals surface area contributed by atoms with Crippen molar-refractivity contribution in [1.29, 1.82) is 0 Å². The summed E-state index contributed by atoms with van der Waals surface area (Å²) in [5.41, 5.74) is 4.22. The summed E-state index contributed by atoms with van der Waals surface area (Å²) in [7, 11) is 0. The van der Waals surface area contributed by atoms with Gasteiger partial charge in [-0.1, -0.05) is 0 Å². The molecule has 0 amide bonds. The zero-order valence-electron chi connectivity index (χ0n) is 7.01. The van der Waals surface area contributed by atoms with E-state index in [0.717, 1.165) is 0 Å². The Balaban J connectivity index is 2.87. The van der Waals surface area contributed by atoms with E-state index in [4.69, 9.17) is 0 Å². The van der Waals surface area contributed by atoms with Gasteiger partial charge in [-0.3, -0.25) is 10.1 Å². The van der Waals surface area contributed by atoms with Crippen molar-refractivity contribution in [2.24, 2.45) is 0 Å². The highest BCUT2D eigenvalue weighted by Crippen LogP contribution is 2.16. The zero-order valence-corrected chi connectivity index (χ0v) is 7.01. The molecule has 5 nitrogen and oxygen atoms in total. The number of hydrogen-bond donors (Lipinski definition) is 2. The number of benzene rings is 1. The molecule has 0 bridgehead atoms. The first-order valence-electron chi connectivity index (χ1n) is 3.87. The van der Waals surface area contributed by atoms with E-state index in [0.29, 0.717) is 12.1 Å². The van der Waals surface area contributed by atoms with Crippen molar-refractivity contribution >= 4 is 5.69 Å². The smallest absolute Gasteiger partial charge is 0.269 e. The first-order chi connectivity index (χ1) is 6.15. The van der Waals surface area contributed by atoms with Crippen molar-refractivity contribution in [3.63, 3.8) is 0 Å². The lowest BCUT2D eigenvalue weighted by Crippen LogP contribution is -2.52. The molecule has 1 atom stereocenters. The van der Waals surface area contributed by atoms with E-state index in [-0.39, 0.29) is 5.69 Å². The second-order valence-electron chi connectivity index (χ2n) is 2.65. The van der Waals surface area contributed by atoms with Crippen LogP contribution in [0.25, 0.3) is 0 Å². The largest absolute Gasteiger partial charge is 0.382 e. The summed E-state index contributed by atoms with van der Waals surface area (Å²) in [5, 5.41) is 19.6. The number of hydrogen-bond acceptors (Lipinski definition) is 3. The van der Waals surface area contributed by atoms with Crippen LogP contribution in [0.2, 0.25) is 0 Å². The molecule has 4 N–H and O–H groups in total. The molecule has 0 saturated heterocycles. The third kappa shape index (κ3) is 2.24. The fraction of sp³-hybridized carbons (Fsp3) is 0.250. The van der Waals surface area contributed by atoms with Crippen LogP contribution in [0.15, 0.2) is 24.3 Å². The molecule has 0 aromatic heterocycles. The second kappa shape index (κ2) is 3.97. The molecule has 13 heavy (non-hydrogen) atoms. The quantitative estimate of drug-likeness (QED) is 0.505. The Kier molecular flexibility index (Phi) is 2.94. The minimum Gasteiger partial charge on any atom is -0.382 e. The standard InChI is InChI=1S/C8H10N2O3/c9-5-8(11)6-1-3-7(4-2-6)10(12)13/h1-4,8,11H,5,9H2/p+1/t8-/m1/s1. The number of aliphatic hydroxyl groups is 1. The summed E-state index contributed by atoms with van der Waals surface area (Å²) in [6.07, 6.45) is -0.638. The maximum Gasteiger partial charge on any atom is 0.269 e. The van der Waals surface area contributed by atoms with Gasteiger partial charge in [0.15, 0.2) is 0 Å². The Morgan fingerprint density at radius 3 is 2.38 bits per heavy atom. The molecule has 0 aliphatic heterocycles. The Morgan fingerprint density at radius 1 is 1.46 bits per heavy atom. The predicted octanol–water partition coefficient (Wildman–Crippen LogP) is -0.130. The van der Waals surface area contributed by atoms with Crippen LogP contribution in [0.3, 0.4) is 0 Å². The number of nitrogens with zero attached hydrogens (tertiary/aromatic N) is 1. The Hall–Kier alpha value is -1.46. The summed E-state index contributed by atoms with van der Waals surface area (Å²) in [6.45, 7) is 0.359. The highest BCUT2D eigenvalue weighted by molar-refractivity contribution is 5.33. The maximum absolute atomic E-state index is 10.3. The van der Waals surface area contributed by atoms with Crippen molar-refractivity contribution in [3.05, 3.63) is 39.9 Å². The summed E-state index contributed by atoms with van der Waals surface area (Å²) >= 11 is 0. The molecule has 0 aliphatic rings. The van der Waals surface area contributed by atoms with Gasteiger partial charge in [-0.05, 0) is 17.7 Å². The van der Waals surface area contributed by atoms with Crippen molar-refractivity contribution < 1.29 is 15.8 Å². The van der Waals surface area contributed by atoms with E-state index in [1.165, 1.54) is 24.3 Å². The Morgan fingerprint density at radius 2 is 2.00 bits per heavy atom. The van der Waals surface area contributed by atoms with E-state index in [1.807, 2.05) is 0 Å². The maximum atomic E-state index is 10.3. The van der Waals surface area contributed by atoms with Crippen LogP contribution in [-0.2, 0) is 0 Å². The Labute approximate surface area is 74.9 Å². The zero-order chi connectivity index (χ0) is 9.84. The van der Waals surface area contributed by atoms with E-state index in [9.17, 15) is 15.2 Å². The molecule has 1 rings (SSSR count). The van der Waals surface area contributed by atoms with Crippen LogP contribution in [0.1, 0.15) is 11.7 Å². The molecule has 0 fully saturated rings. The number of quaternary nitrogens is 1. The van der Waals surface area contributed by atoms with Gasteiger partial charge in [-0.25, -0.2) is 0 Å². The molecule has 0 unspecified atom stereocenters. The van der Waals surface area contributed by atoms with Crippen LogP contribution < -0.4 is 5.73 Å². The number of aliphatic hydroxyl groups excluding tert-OH is 1. The molecule has 0 saturated carbocycles. The molecule has 70 valence electrons. The highest BCUT2D eigenvalue weighted by atomic mass is 16.6.